The van der Waals surface area contributed by atoms with Gasteiger partial charge in [0, 0.05) is 29.1 Å². The van der Waals surface area contributed by atoms with E-state index >= 15 is 0 Å². The van der Waals surface area contributed by atoms with Crippen LogP contribution in [0.3, 0.4) is 0 Å². The number of aryl methyl sites for hydroxylation is 1. The van der Waals surface area contributed by atoms with E-state index in [-0.39, 0.29) is 17.9 Å². The highest BCUT2D eigenvalue weighted by Crippen LogP contribution is 2.32. The SMILES string of the molecule is COc1ccc(-c2[nH]c3ccccc3c2CCC(=O)Nc2sccc2C(=O)NC2CC2)cc1. The molecule has 2 amide bonds. The Morgan fingerprint density at radius 3 is 2.64 bits per heavy atom. The molecule has 0 saturated heterocycles. The van der Waals surface area contributed by atoms with E-state index in [1.54, 1.807) is 13.2 Å². The number of carbonyl (C=O) groups is 2. The van der Waals surface area contributed by atoms with Gasteiger partial charge in [0.25, 0.3) is 5.91 Å². The lowest BCUT2D eigenvalue weighted by atomic mass is 10.0. The van der Waals surface area contributed by atoms with Crippen molar-refractivity contribution in [2.75, 3.05) is 12.4 Å². The van der Waals surface area contributed by atoms with Gasteiger partial charge >= 0.3 is 0 Å². The molecule has 3 N–H and O–H groups in total. The van der Waals surface area contributed by atoms with Crippen LogP contribution in [0.5, 0.6) is 5.75 Å². The number of aromatic amines is 1. The second kappa shape index (κ2) is 9.11. The molecule has 1 fully saturated rings. The fourth-order valence-electron chi connectivity index (χ4n) is 3.97. The minimum atomic E-state index is -0.118. The number of rotatable bonds is 8. The number of hydrogen-bond donors (Lipinski definition) is 3. The number of anilines is 1. The number of thiophene rings is 1. The number of hydrogen-bond acceptors (Lipinski definition) is 4. The molecule has 2 aromatic heterocycles. The average molecular weight is 460 g/mol. The fourth-order valence-corrected chi connectivity index (χ4v) is 4.77. The van der Waals surface area contributed by atoms with Gasteiger partial charge in [-0.05, 0) is 72.2 Å². The van der Waals surface area contributed by atoms with Crippen molar-refractivity contribution < 1.29 is 14.3 Å². The minimum Gasteiger partial charge on any atom is -0.497 e. The number of fused-ring (bicyclic) bond motifs is 1. The lowest BCUT2D eigenvalue weighted by Gasteiger charge is -2.09. The molecule has 1 aliphatic carbocycles. The third-order valence-corrected chi connectivity index (χ3v) is 6.70. The van der Waals surface area contributed by atoms with Gasteiger partial charge in [-0.25, -0.2) is 0 Å². The first-order chi connectivity index (χ1) is 16.1. The standard InChI is InChI=1S/C26H25N3O3S/c1-32-18-10-6-16(7-11-18)24-20(19-4-2-3-5-22(19)28-24)12-13-23(30)29-26-21(14-15-33-26)25(31)27-17-8-9-17/h2-7,10-11,14-15,17,28H,8-9,12-13H2,1H3,(H,27,31)(H,29,30). The molecule has 0 aliphatic heterocycles. The topological polar surface area (TPSA) is 83.2 Å². The van der Waals surface area contributed by atoms with Gasteiger partial charge in [-0.3, -0.25) is 9.59 Å². The Morgan fingerprint density at radius 2 is 1.88 bits per heavy atom. The maximum atomic E-state index is 12.8. The lowest BCUT2D eigenvalue weighted by Crippen LogP contribution is -2.26. The monoisotopic (exact) mass is 459 g/mol. The molecule has 2 heterocycles. The summed E-state index contributed by atoms with van der Waals surface area (Å²) in [4.78, 5) is 28.8. The van der Waals surface area contributed by atoms with Gasteiger partial charge in [0.1, 0.15) is 10.8 Å². The Bertz CT molecular complexity index is 1300. The predicted octanol–water partition coefficient (Wildman–Crippen LogP) is 5.37. The summed E-state index contributed by atoms with van der Waals surface area (Å²) in [6, 6.07) is 18.1. The Labute approximate surface area is 196 Å². The highest BCUT2D eigenvalue weighted by atomic mass is 32.1. The van der Waals surface area contributed by atoms with Crippen molar-refractivity contribution in [2.45, 2.75) is 31.7 Å². The zero-order chi connectivity index (χ0) is 22.8. The van der Waals surface area contributed by atoms with Crippen LogP contribution in [0.15, 0.2) is 60.0 Å². The second-order valence-electron chi connectivity index (χ2n) is 8.21. The van der Waals surface area contributed by atoms with E-state index in [4.69, 9.17) is 4.74 Å². The van der Waals surface area contributed by atoms with Crippen LogP contribution < -0.4 is 15.4 Å². The molecular weight excluding hydrogens is 434 g/mol. The summed E-state index contributed by atoms with van der Waals surface area (Å²) in [6.07, 6.45) is 2.94. The van der Waals surface area contributed by atoms with Gasteiger partial charge in [-0.2, -0.15) is 0 Å². The summed E-state index contributed by atoms with van der Waals surface area (Å²) < 4.78 is 5.28. The van der Waals surface area contributed by atoms with Crippen LogP contribution in [0.2, 0.25) is 0 Å². The molecule has 0 spiro atoms. The second-order valence-corrected chi connectivity index (χ2v) is 9.13. The summed E-state index contributed by atoms with van der Waals surface area (Å²) in [6.45, 7) is 0. The van der Waals surface area contributed by atoms with Crippen LogP contribution in [0, 0.1) is 0 Å². The van der Waals surface area contributed by atoms with Gasteiger partial charge in [-0.15, -0.1) is 11.3 Å². The summed E-state index contributed by atoms with van der Waals surface area (Å²) >= 11 is 1.37. The molecule has 168 valence electrons. The van der Waals surface area contributed by atoms with E-state index in [9.17, 15) is 9.59 Å². The first kappa shape index (κ1) is 21.3. The number of ether oxygens (including phenoxy) is 1. The number of nitrogens with one attached hydrogen (secondary N) is 3. The first-order valence-electron chi connectivity index (χ1n) is 11.0. The van der Waals surface area contributed by atoms with Crippen LogP contribution in [0.1, 0.15) is 35.2 Å². The smallest absolute Gasteiger partial charge is 0.254 e. The van der Waals surface area contributed by atoms with Crippen LogP contribution in [0.4, 0.5) is 5.00 Å². The fraction of sp³-hybridized carbons (Fsp3) is 0.231. The van der Waals surface area contributed by atoms with Crippen molar-refractivity contribution in [1.82, 2.24) is 10.3 Å². The summed E-state index contributed by atoms with van der Waals surface area (Å²) in [5.41, 5.74) is 4.72. The van der Waals surface area contributed by atoms with E-state index in [1.807, 2.05) is 47.8 Å². The number of amides is 2. The highest BCUT2D eigenvalue weighted by molar-refractivity contribution is 7.14. The van der Waals surface area contributed by atoms with Crippen molar-refractivity contribution in [3.8, 4) is 17.0 Å². The van der Waals surface area contributed by atoms with Crippen molar-refractivity contribution in [3.63, 3.8) is 0 Å². The Morgan fingerprint density at radius 1 is 1.09 bits per heavy atom. The zero-order valence-corrected chi connectivity index (χ0v) is 19.1. The van der Waals surface area contributed by atoms with Crippen LogP contribution in [-0.4, -0.2) is 29.9 Å². The van der Waals surface area contributed by atoms with Gasteiger partial charge < -0.3 is 20.4 Å². The number of carbonyl (C=O) groups excluding carboxylic acids is 2. The van der Waals surface area contributed by atoms with E-state index < -0.39 is 0 Å². The molecule has 5 rings (SSSR count). The average Bonchev–Trinajstić information content (AvgIpc) is 3.39. The van der Waals surface area contributed by atoms with Gasteiger partial charge in [0.15, 0.2) is 0 Å². The molecule has 4 aromatic rings. The van der Waals surface area contributed by atoms with E-state index in [2.05, 4.69) is 21.7 Å². The molecule has 6 nitrogen and oxygen atoms in total. The zero-order valence-electron chi connectivity index (χ0n) is 18.3. The summed E-state index contributed by atoms with van der Waals surface area (Å²) in [7, 11) is 1.65. The van der Waals surface area contributed by atoms with E-state index in [0.717, 1.165) is 46.3 Å². The molecule has 7 heteroatoms. The predicted molar refractivity (Wildman–Crippen MR) is 132 cm³/mol. The Balaban J connectivity index is 1.34. The Hall–Kier alpha value is -3.58. The number of aromatic nitrogens is 1. The summed E-state index contributed by atoms with van der Waals surface area (Å²) in [5.74, 6) is 0.574. The molecule has 0 atom stereocenters. The van der Waals surface area contributed by atoms with E-state index in [1.165, 1.54) is 11.3 Å². The Kier molecular flexibility index (Phi) is 5.88. The summed E-state index contributed by atoms with van der Waals surface area (Å²) in [5, 5.41) is 9.47. The largest absolute Gasteiger partial charge is 0.497 e. The number of H-pyrrole nitrogens is 1. The maximum absolute atomic E-state index is 12.8. The van der Waals surface area contributed by atoms with Crippen LogP contribution >= 0.6 is 11.3 Å². The van der Waals surface area contributed by atoms with Gasteiger partial charge in [0.2, 0.25) is 5.91 Å². The number of benzene rings is 2. The quantitative estimate of drug-likeness (QED) is 0.331. The molecule has 2 aromatic carbocycles. The molecule has 1 saturated carbocycles. The normalized spacial score (nSPS) is 13.1. The lowest BCUT2D eigenvalue weighted by molar-refractivity contribution is -0.116. The van der Waals surface area contributed by atoms with E-state index in [0.29, 0.717) is 23.4 Å². The highest BCUT2D eigenvalue weighted by Gasteiger charge is 2.25. The molecule has 0 bridgehead atoms. The molecule has 0 unspecified atom stereocenters. The van der Waals surface area contributed by atoms with Crippen molar-refractivity contribution >= 4 is 39.1 Å². The number of para-hydroxylation sites is 1. The van der Waals surface area contributed by atoms with Crippen LogP contribution in [-0.2, 0) is 11.2 Å². The molecule has 0 radical (unpaired) electrons. The van der Waals surface area contributed by atoms with Crippen molar-refractivity contribution in [3.05, 3.63) is 71.1 Å². The molecular formula is C26H25N3O3S. The third-order valence-electron chi connectivity index (χ3n) is 5.87. The third kappa shape index (κ3) is 4.64. The maximum Gasteiger partial charge on any atom is 0.254 e. The minimum absolute atomic E-state index is 0.108. The van der Waals surface area contributed by atoms with Crippen molar-refractivity contribution in [1.29, 1.82) is 0 Å². The van der Waals surface area contributed by atoms with Gasteiger partial charge in [-0.1, -0.05) is 18.2 Å². The van der Waals surface area contributed by atoms with Crippen molar-refractivity contribution in [2.24, 2.45) is 0 Å². The molecule has 33 heavy (non-hydrogen) atoms. The first-order valence-corrected chi connectivity index (χ1v) is 11.9. The van der Waals surface area contributed by atoms with Crippen LogP contribution in [0.25, 0.3) is 22.2 Å². The number of methoxy groups -OCH3 is 1. The van der Waals surface area contributed by atoms with Gasteiger partial charge in [0.05, 0.1) is 12.7 Å². The molecule has 1 aliphatic rings.